The topological polar surface area (TPSA) is 142 Å². The zero-order valence-electron chi connectivity index (χ0n) is 22.9. The summed E-state index contributed by atoms with van der Waals surface area (Å²) in [6.45, 7) is 8.66. The zero-order valence-corrected chi connectivity index (χ0v) is 22.9. The number of carbonyl (C=O) groups excluding carboxylic acids is 3. The molecule has 39 heavy (non-hydrogen) atoms. The van der Waals surface area contributed by atoms with Crippen LogP contribution in [0.4, 0.5) is 0 Å². The van der Waals surface area contributed by atoms with Crippen molar-refractivity contribution in [1.29, 1.82) is 0 Å². The number of carbonyl (C=O) groups is 3. The minimum absolute atomic E-state index is 0.163. The van der Waals surface area contributed by atoms with Gasteiger partial charge in [-0.25, -0.2) is 9.59 Å². The fourth-order valence-corrected chi connectivity index (χ4v) is 8.85. The normalized spacial score (nSPS) is 43.6. The van der Waals surface area contributed by atoms with Crippen LogP contribution >= 0.6 is 0 Å². The molecule has 0 unspecified atom stereocenters. The first kappa shape index (κ1) is 26.3. The molecule has 5 aliphatic rings. The Morgan fingerprint density at radius 2 is 1.87 bits per heavy atom. The highest BCUT2D eigenvalue weighted by molar-refractivity contribution is 5.86. The van der Waals surface area contributed by atoms with Crippen LogP contribution in [0, 0.1) is 22.2 Å². The fraction of sp³-hybridized carbons (Fsp3) is 0.621. The van der Waals surface area contributed by atoms with Gasteiger partial charge in [0.2, 0.25) is 5.79 Å². The maximum absolute atomic E-state index is 13.1. The lowest BCUT2D eigenvalue weighted by Crippen LogP contribution is -2.78. The molecular formula is C29H34O10. The number of hydrogen-bond acceptors (Lipinski definition) is 10. The molecule has 0 aromatic carbocycles. The van der Waals surface area contributed by atoms with E-state index in [0.717, 1.165) is 5.57 Å². The van der Waals surface area contributed by atoms with E-state index in [-0.39, 0.29) is 6.42 Å². The van der Waals surface area contributed by atoms with E-state index in [4.69, 9.17) is 23.4 Å². The molecule has 1 aromatic rings. The van der Waals surface area contributed by atoms with Gasteiger partial charge in [0.1, 0.15) is 12.2 Å². The molecule has 4 bridgehead atoms. The number of hydrogen-bond donors (Lipinski definition) is 2. The third-order valence-electron chi connectivity index (χ3n) is 10.3. The molecule has 2 N–H and O–H groups in total. The van der Waals surface area contributed by atoms with Gasteiger partial charge < -0.3 is 33.6 Å². The number of ether oxygens (including phenoxy) is 4. The average Bonchev–Trinajstić information content (AvgIpc) is 3.46. The Morgan fingerprint density at radius 3 is 2.49 bits per heavy atom. The lowest BCUT2D eigenvalue weighted by atomic mass is 9.41. The molecule has 0 spiro atoms. The highest BCUT2D eigenvalue weighted by atomic mass is 16.7. The van der Waals surface area contributed by atoms with Gasteiger partial charge in [-0.05, 0) is 30.1 Å². The number of aliphatic hydroxyl groups is 2. The van der Waals surface area contributed by atoms with Crippen molar-refractivity contribution < 1.29 is 48.0 Å². The van der Waals surface area contributed by atoms with Gasteiger partial charge in [-0.15, -0.1) is 0 Å². The minimum atomic E-state index is -2.27. The van der Waals surface area contributed by atoms with Crippen LogP contribution in [0.3, 0.4) is 0 Å². The largest absolute Gasteiger partial charge is 0.472 e. The number of furan rings is 1. The van der Waals surface area contributed by atoms with Crippen LogP contribution in [0.5, 0.6) is 0 Å². The monoisotopic (exact) mass is 542 g/mol. The smallest absolute Gasteiger partial charge is 0.335 e. The summed E-state index contributed by atoms with van der Waals surface area (Å²) in [6.07, 6.45) is 2.34. The van der Waals surface area contributed by atoms with Crippen molar-refractivity contribution in [2.24, 2.45) is 22.2 Å². The van der Waals surface area contributed by atoms with Crippen LogP contribution in [0.2, 0.25) is 0 Å². The van der Waals surface area contributed by atoms with E-state index in [1.807, 2.05) is 20.8 Å². The van der Waals surface area contributed by atoms with E-state index in [9.17, 15) is 24.6 Å². The summed E-state index contributed by atoms with van der Waals surface area (Å²) in [6, 6.07) is 1.76. The second-order valence-electron chi connectivity index (χ2n) is 12.6. The first-order valence-electron chi connectivity index (χ1n) is 13.2. The molecule has 1 saturated heterocycles. The van der Waals surface area contributed by atoms with Crippen molar-refractivity contribution in [3.05, 3.63) is 47.0 Å². The molecule has 3 heterocycles. The molecule has 6 rings (SSSR count). The van der Waals surface area contributed by atoms with Gasteiger partial charge in [0, 0.05) is 41.7 Å². The van der Waals surface area contributed by atoms with Gasteiger partial charge in [-0.3, -0.25) is 4.79 Å². The molecule has 3 aliphatic carbocycles. The van der Waals surface area contributed by atoms with Gasteiger partial charge >= 0.3 is 17.9 Å². The van der Waals surface area contributed by atoms with Crippen molar-refractivity contribution in [2.45, 2.75) is 83.6 Å². The van der Waals surface area contributed by atoms with Crippen LogP contribution in [0.25, 0.3) is 0 Å². The van der Waals surface area contributed by atoms with Crippen LogP contribution in [-0.4, -0.2) is 58.8 Å². The van der Waals surface area contributed by atoms with E-state index >= 15 is 0 Å². The number of rotatable bonds is 3. The molecule has 10 nitrogen and oxygen atoms in total. The molecule has 210 valence electrons. The third-order valence-corrected chi connectivity index (χ3v) is 10.3. The average molecular weight is 543 g/mol. The molecule has 2 aliphatic heterocycles. The Kier molecular flexibility index (Phi) is 5.28. The van der Waals surface area contributed by atoms with E-state index in [1.165, 1.54) is 26.4 Å². The van der Waals surface area contributed by atoms with Gasteiger partial charge in [-0.1, -0.05) is 33.3 Å². The van der Waals surface area contributed by atoms with Crippen molar-refractivity contribution in [3.63, 3.8) is 0 Å². The highest BCUT2D eigenvalue weighted by Gasteiger charge is 2.85. The van der Waals surface area contributed by atoms with Crippen LogP contribution in [-0.2, 0) is 33.3 Å². The van der Waals surface area contributed by atoms with E-state index in [2.05, 4.69) is 0 Å². The molecule has 0 radical (unpaired) electrons. The number of esters is 3. The zero-order chi connectivity index (χ0) is 28.3. The second-order valence-corrected chi connectivity index (χ2v) is 12.6. The van der Waals surface area contributed by atoms with Gasteiger partial charge in [0.25, 0.3) is 0 Å². The van der Waals surface area contributed by atoms with Crippen molar-refractivity contribution in [2.75, 3.05) is 7.11 Å². The summed E-state index contributed by atoms with van der Waals surface area (Å²) < 4.78 is 28.1. The number of fused-ring (bicyclic) bond motifs is 2. The maximum atomic E-state index is 13.1. The van der Waals surface area contributed by atoms with E-state index < -0.39 is 69.8 Å². The number of cyclic esters (lactones) is 1. The first-order chi connectivity index (χ1) is 18.2. The maximum Gasteiger partial charge on any atom is 0.335 e. The molecule has 8 atom stereocenters. The Labute approximate surface area is 225 Å². The lowest BCUT2D eigenvalue weighted by Gasteiger charge is -2.66. The predicted octanol–water partition coefficient (Wildman–Crippen LogP) is 2.89. The SMILES string of the molecule is COC(=O)[C@H]1O[C@]2(O)[C@@]3(O)CC4=C(CC[C@]5(C)C4=CC(=O)O[C@H]5c4ccoc4)[C@]2(C)[C@@H]1C(C)(C)[C@@H]3OC(C)=O. The molecule has 1 aromatic heterocycles. The molecule has 10 heteroatoms. The summed E-state index contributed by atoms with van der Waals surface area (Å²) in [5.74, 6) is -4.87. The fourth-order valence-electron chi connectivity index (χ4n) is 8.85. The van der Waals surface area contributed by atoms with E-state index in [0.29, 0.717) is 29.6 Å². The quantitative estimate of drug-likeness (QED) is 0.432. The van der Waals surface area contributed by atoms with Crippen molar-refractivity contribution in [3.8, 4) is 0 Å². The Balaban J connectivity index is 1.61. The van der Waals surface area contributed by atoms with Crippen LogP contribution < -0.4 is 0 Å². The minimum Gasteiger partial charge on any atom is -0.472 e. The van der Waals surface area contributed by atoms with Crippen molar-refractivity contribution in [1.82, 2.24) is 0 Å². The number of methoxy groups -OCH3 is 1. The van der Waals surface area contributed by atoms with Gasteiger partial charge in [-0.2, -0.15) is 0 Å². The first-order valence-corrected chi connectivity index (χ1v) is 13.2. The Hall–Kier alpha value is -2.95. The molecule has 1 saturated carbocycles. The summed E-state index contributed by atoms with van der Waals surface area (Å²) in [5, 5.41) is 24.9. The van der Waals surface area contributed by atoms with Crippen molar-refractivity contribution >= 4 is 17.9 Å². The van der Waals surface area contributed by atoms with E-state index in [1.54, 1.807) is 19.3 Å². The Bertz CT molecular complexity index is 1340. The second kappa shape index (κ2) is 7.83. The molecule has 2 fully saturated rings. The van der Waals surface area contributed by atoms with Gasteiger partial charge in [0.05, 0.1) is 25.1 Å². The predicted molar refractivity (Wildman–Crippen MR) is 132 cm³/mol. The third kappa shape index (κ3) is 2.94. The molecule has 0 amide bonds. The summed E-state index contributed by atoms with van der Waals surface area (Å²) in [5.41, 5.74) is -2.20. The lowest BCUT2D eigenvalue weighted by molar-refractivity contribution is -0.368. The summed E-state index contributed by atoms with van der Waals surface area (Å²) >= 11 is 0. The van der Waals surface area contributed by atoms with Gasteiger partial charge in [0.15, 0.2) is 11.7 Å². The molecular weight excluding hydrogens is 508 g/mol. The summed E-state index contributed by atoms with van der Waals surface area (Å²) in [4.78, 5) is 38.3. The Morgan fingerprint density at radius 1 is 1.15 bits per heavy atom. The standard InChI is InChI=1S/C29H34O10/c1-14(30)37-24-25(2,3)21-20(23(32)35-6)39-29(34)27(21,5)17-7-9-26(4)18(16(17)12-28(24,29)33)11-19(31)38-22(26)15-8-10-36-13-15/h8,10-11,13,20-22,24,33-34H,7,9,12H2,1-6H3/t20-,21-,22-,24-,26+,27+,28+,29-/m0/s1. The summed E-state index contributed by atoms with van der Waals surface area (Å²) in [7, 11) is 1.24. The highest BCUT2D eigenvalue weighted by Crippen LogP contribution is 2.75. The van der Waals surface area contributed by atoms with Crippen LogP contribution in [0.1, 0.15) is 65.5 Å². The van der Waals surface area contributed by atoms with Crippen LogP contribution in [0.15, 0.2) is 45.8 Å².